The maximum atomic E-state index is 13.5. The normalized spacial score (nSPS) is 17.7. The summed E-state index contributed by atoms with van der Waals surface area (Å²) in [5.74, 6) is -0.137. The van der Waals surface area contributed by atoms with Crippen molar-refractivity contribution in [3.05, 3.63) is 248 Å². The van der Waals surface area contributed by atoms with Crippen molar-refractivity contribution in [3.8, 4) is 0 Å². The van der Waals surface area contributed by atoms with Crippen LogP contribution >= 0.6 is 46.4 Å². The third-order valence-electron chi connectivity index (χ3n) is 20.6. The van der Waals surface area contributed by atoms with Crippen molar-refractivity contribution in [3.63, 3.8) is 0 Å². The first-order valence-electron chi connectivity index (χ1n) is 39.1. The molecule has 0 aromatic heterocycles. The van der Waals surface area contributed by atoms with E-state index in [1.54, 1.807) is 18.2 Å². The average molecular weight is 1640 g/mol. The largest absolute Gasteiger partial charge is 0.370 e. The number of benzene rings is 9. The SMILES string of the molecule is NC(N)=NCCC[C@@H]1N[C@H](CNC(=O)c2ccc3ccccc3c2)CCN(CCc2ccc(Cl)c(Cl)c2)C1=O.NC(N)=NCCC[C@@H]1N[C@H](CNC(=O)c2ccc3ccccc3c2)CCN(CCc2ccc(Cl)cc2Cl)C1=O.NC(N)=NCCC[C@@H]1N[C@H](CNC(=O)c2ccc3ccccc3c2)CCN(CCc2ccccc2)C1=O. The monoisotopic (exact) mass is 1640 g/mol. The van der Waals surface area contributed by atoms with E-state index in [1.165, 1.54) is 5.56 Å². The summed E-state index contributed by atoms with van der Waals surface area (Å²) in [6.45, 7) is 6.14. The fourth-order valence-electron chi connectivity index (χ4n) is 14.3. The summed E-state index contributed by atoms with van der Waals surface area (Å²) in [7, 11) is 0. The molecule has 24 nitrogen and oxygen atoms in total. The first-order valence-corrected chi connectivity index (χ1v) is 40.6. The zero-order valence-electron chi connectivity index (χ0n) is 64.5. The summed E-state index contributed by atoms with van der Waals surface area (Å²) in [6, 6.07) is 60.7. The fraction of sp³-hybridized carbons (Fsp3) is 0.345. The molecule has 0 saturated carbocycles. The molecule has 6 atom stereocenters. The standard InChI is InChI=1S/2C29H34Cl2N6O2.C29H36N6O2/c30-24-10-7-19(16-25(24)31)11-14-37-15-12-23(36-26(28(37)39)6-3-13-34-29(32)33)18-35-27(38)22-9-8-20-4-1-2-5-21(20)17-22;30-23-10-9-20(25(31)17-23)11-14-37-15-12-24(36-26(28(37)39)6-3-13-34-29(32)33)18-35-27(38)22-8-7-19-4-1-2-5-21(19)16-22;30-29(31)32-16-6-11-26-28(37)35(17-14-21-7-2-1-3-8-21)18-15-25(34-26)20-33-27(36)24-13-12-22-9-4-5-10-23(22)19-24/h1-2,4-5,7-10,16-17,23,26,36H,3,6,11-15,18H2,(H,35,38)(H4,32,33,34);1-2,4-5,7-10,16-17,24,26,36H,3,6,11-15,18H2,(H,35,38)(H4,32,33,34);1-5,7-10,12-13,19,25-26,34H,6,11,14-18,20H2,(H,33,36)(H4,30,31,32)/t23-,26-;24-,26-;25-,26-/m000/s1. The van der Waals surface area contributed by atoms with Crippen LogP contribution in [0, 0.1) is 0 Å². The second kappa shape index (κ2) is 44.3. The van der Waals surface area contributed by atoms with Crippen molar-refractivity contribution in [2.24, 2.45) is 49.4 Å². The van der Waals surface area contributed by atoms with Gasteiger partial charge in [-0.15, -0.1) is 0 Å². The lowest BCUT2D eigenvalue weighted by atomic mass is 10.1. The fourth-order valence-corrected chi connectivity index (χ4v) is 15.1. The molecule has 3 heterocycles. The Morgan fingerprint density at radius 1 is 0.374 bits per heavy atom. The molecule has 3 aliphatic heterocycles. The van der Waals surface area contributed by atoms with E-state index < -0.39 is 12.1 Å². The zero-order valence-corrected chi connectivity index (χ0v) is 67.5. The molecule has 9 aromatic carbocycles. The van der Waals surface area contributed by atoms with Gasteiger partial charge in [0.05, 0.1) is 28.2 Å². The van der Waals surface area contributed by atoms with Gasteiger partial charge in [-0.3, -0.25) is 43.7 Å². The van der Waals surface area contributed by atoms with Gasteiger partial charge in [-0.2, -0.15) is 0 Å². The third-order valence-corrected chi connectivity index (χ3v) is 21.9. The molecular weight excluding hydrogens is 1530 g/mol. The summed E-state index contributed by atoms with van der Waals surface area (Å²) in [5.41, 5.74) is 37.7. The molecular formula is C87H104Cl4N18O6. The predicted molar refractivity (Wildman–Crippen MR) is 465 cm³/mol. The van der Waals surface area contributed by atoms with Crippen molar-refractivity contribution in [1.29, 1.82) is 0 Å². The zero-order chi connectivity index (χ0) is 81.6. The number of nitrogens with zero attached hydrogens (tertiary/aromatic N) is 6. The Labute approximate surface area is 691 Å². The van der Waals surface area contributed by atoms with E-state index in [0.29, 0.717) is 180 Å². The maximum absolute atomic E-state index is 13.5. The van der Waals surface area contributed by atoms with Crippen molar-refractivity contribution < 1.29 is 28.8 Å². The number of carbonyl (C=O) groups excluding carboxylic acids is 6. The number of rotatable bonds is 30. The second-order valence-electron chi connectivity index (χ2n) is 29.0. The highest BCUT2D eigenvalue weighted by Gasteiger charge is 2.34. The lowest BCUT2D eigenvalue weighted by Crippen LogP contribution is -2.49. The van der Waals surface area contributed by atoms with Gasteiger partial charge in [-0.1, -0.05) is 180 Å². The molecule has 28 heteroatoms. The van der Waals surface area contributed by atoms with Crippen LogP contribution in [0.4, 0.5) is 0 Å². The number of fused-ring (bicyclic) bond motifs is 3. The number of aliphatic imine (C=N–C) groups is 3. The van der Waals surface area contributed by atoms with E-state index in [0.717, 1.165) is 56.3 Å². The van der Waals surface area contributed by atoms with Crippen LogP contribution in [0.1, 0.15) is 106 Å². The van der Waals surface area contributed by atoms with E-state index in [1.807, 2.05) is 178 Å². The smallest absolute Gasteiger partial charge is 0.251 e. The van der Waals surface area contributed by atoms with Crippen LogP contribution < -0.4 is 66.3 Å². The van der Waals surface area contributed by atoms with Crippen molar-refractivity contribution in [1.82, 2.24) is 46.6 Å². The highest BCUT2D eigenvalue weighted by atomic mass is 35.5. The predicted octanol–water partition coefficient (Wildman–Crippen LogP) is 9.89. The minimum absolute atomic E-state index is 0.0214. The summed E-state index contributed by atoms with van der Waals surface area (Å²) >= 11 is 24.6. The Morgan fingerprint density at radius 3 is 1.10 bits per heavy atom. The number of nitrogens with two attached hydrogens (primary N) is 6. The van der Waals surface area contributed by atoms with Gasteiger partial charge in [0, 0.05) is 123 Å². The Morgan fingerprint density at radius 2 is 0.730 bits per heavy atom. The van der Waals surface area contributed by atoms with Crippen LogP contribution in [-0.4, -0.2) is 183 Å². The summed E-state index contributed by atoms with van der Waals surface area (Å²) < 4.78 is 0. The van der Waals surface area contributed by atoms with Crippen LogP contribution in [-0.2, 0) is 33.6 Å². The molecule has 0 unspecified atom stereocenters. The van der Waals surface area contributed by atoms with Crippen molar-refractivity contribution in [2.45, 2.75) is 113 Å². The molecule has 6 amide bonds. The number of amides is 6. The summed E-state index contributed by atoms with van der Waals surface area (Å²) in [6.07, 6.45) is 7.98. The van der Waals surface area contributed by atoms with E-state index in [2.05, 4.69) is 59.0 Å². The number of hydrogen-bond donors (Lipinski definition) is 12. The first-order chi connectivity index (χ1) is 55.6. The molecule has 0 bridgehead atoms. The lowest BCUT2D eigenvalue weighted by molar-refractivity contribution is -0.133. The van der Waals surface area contributed by atoms with Crippen LogP contribution in [0.5, 0.6) is 0 Å². The second-order valence-corrected chi connectivity index (χ2v) is 30.6. The van der Waals surface area contributed by atoms with Gasteiger partial charge in [0.25, 0.3) is 17.7 Å². The molecule has 18 N–H and O–H groups in total. The molecule has 3 fully saturated rings. The van der Waals surface area contributed by atoms with Gasteiger partial charge in [-0.25, -0.2) is 0 Å². The van der Waals surface area contributed by atoms with Gasteiger partial charge < -0.3 is 81.0 Å². The lowest BCUT2D eigenvalue weighted by Gasteiger charge is -2.25. The van der Waals surface area contributed by atoms with E-state index in [4.69, 9.17) is 80.8 Å². The van der Waals surface area contributed by atoms with Gasteiger partial charge in [-0.05, 0) is 187 Å². The topological polar surface area (TPSA) is 378 Å². The third kappa shape index (κ3) is 27.3. The van der Waals surface area contributed by atoms with Crippen molar-refractivity contribution >= 4 is 132 Å². The minimum Gasteiger partial charge on any atom is -0.370 e. The molecule has 0 radical (unpaired) electrons. The summed E-state index contributed by atoms with van der Waals surface area (Å²) in [5, 5.41) is 28.1. The van der Waals surface area contributed by atoms with Crippen molar-refractivity contribution in [2.75, 3.05) is 78.5 Å². The molecule has 3 aliphatic rings. The average Bonchev–Trinajstić information content (AvgIpc) is 1.84. The van der Waals surface area contributed by atoms with Crippen LogP contribution in [0.15, 0.2) is 209 Å². The Bertz CT molecular complexity index is 4870. The van der Waals surface area contributed by atoms with Gasteiger partial charge >= 0.3 is 0 Å². The Balaban J connectivity index is 0.000000182. The molecule has 9 aromatic rings. The van der Waals surface area contributed by atoms with Gasteiger partial charge in [0.15, 0.2) is 17.9 Å². The van der Waals surface area contributed by atoms with Crippen LogP contribution in [0.3, 0.4) is 0 Å². The number of guanidine groups is 3. The Hall–Kier alpha value is -10.6. The maximum Gasteiger partial charge on any atom is 0.251 e. The number of hydrogen-bond acceptors (Lipinski definition) is 12. The van der Waals surface area contributed by atoms with Gasteiger partial charge in [0.2, 0.25) is 17.7 Å². The molecule has 3 saturated heterocycles. The summed E-state index contributed by atoms with van der Waals surface area (Å²) in [4.78, 5) is 97.0. The van der Waals surface area contributed by atoms with Crippen LogP contribution in [0.2, 0.25) is 20.1 Å². The molecule has 0 spiro atoms. The highest BCUT2D eigenvalue weighted by molar-refractivity contribution is 6.42. The Kier molecular flexibility index (Phi) is 33.5. The molecule has 0 aliphatic carbocycles. The minimum atomic E-state index is -0.412. The van der Waals surface area contributed by atoms with Gasteiger partial charge in [0.1, 0.15) is 0 Å². The van der Waals surface area contributed by atoms with Crippen LogP contribution in [0.25, 0.3) is 32.3 Å². The highest BCUT2D eigenvalue weighted by Crippen LogP contribution is 2.27. The number of halogens is 4. The van der Waals surface area contributed by atoms with E-state index in [-0.39, 0.29) is 77.5 Å². The van der Waals surface area contributed by atoms with E-state index >= 15 is 0 Å². The number of nitrogens with one attached hydrogen (secondary N) is 6. The quantitative estimate of drug-likeness (QED) is 0.0113. The molecule has 606 valence electrons. The molecule has 12 rings (SSSR count). The molecule has 115 heavy (non-hydrogen) atoms. The number of carbonyl (C=O) groups is 6. The van der Waals surface area contributed by atoms with E-state index in [9.17, 15) is 28.8 Å². The first kappa shape index (κ1) is 86.8.